The first-order chi connectivity index (χ1) is 9.61. The van der Waals surface area contributed by atoms with Crippen molar-refractivity contribution in [3.63, 3.8) is 0 Å². The highest BCUT2D eigenvalue weighted by Crippen LogP contribution is 2.43. The molecule has 0 aromatic heterocycles. The summed E-state index contributed by atoms with van der Waals surface area (Å²) in [5, 5.41) is 0. The van der Waals surface area contributed by atoms with E-state index in [0.717, 1.165) is 37.9 Å². The summed E-state index contributed by atoms with van der Waals surface area (Å²) in [5.41, 5.74) is 3.72. The van der Waals surface area contributed by atoms with Gasteiger partial charge in [0.1, 0.15) is 0 Å². The van der Waals surface area contributed by atoms with Gasteiger partial charge in [-0.1, -0.05) is 13.8 Å². The van der Waals surface area contributed by atoms with Gasteiger partial charge in [-0.2, -0.15) is 0 Å². The van der Waals surface area contributed by atoms with E-state index in [0.29, 0.717) is 12.2 Å². The van der Waals surface area contributed by atoms with Crippen LogP contribution in [0.3, 0.4) is 0 Å². The number of hydrogen-bond donors (Lipinski definition) is 0. The van der Waals surface area contributed by atoms with E-state index in [4.69, 9.17) is 0 Å². The van der Waals surface area contributed by atoms with E-state index in [2.05, 4.69) is 50.8 Å². The summed E-state index contributed by atoms with van der Waals surface area (Å²) in [6, 6.07) is 6.46. The minimum absolute atomic E-state index is 0.201. The van der Waals surface area contributed by atoms with Gasteiger partial charge in [0.2, 0.25) is 0 Å². The van der Waals surface area contributed by atoms with Crippen molar-refractivity contribution in [1.82, 2.24) is 0 Å². The lowest BCUT2D eigenvalue weighted by Crippen LogP contribution is -2.33. The van der Waals surface area contributed by atoms with E-state index in [1.54, 1.807) is 0 Å². The van der Waals surface area contributed by atoms with Gasteiger partial charge in [0.25, 0.3) is 0 Å². The Morgan fingerprint density at radius 2 is 1.75 bits per heavy atom. The number of rotatable bonds is 5. The number of benzene rings is 1. The summed E-state index contributed by atoms with van der Waals surface area (Å²) in [4.78, 5) is 14.6. The van der Waals surface area contributed by atoms with E-state index in [-0.39, 0.29) is 5.41 Å². The number of carbonyl (C=O) groups is 1. The second-order valence-corrected chi connectivity index (χ2v) is 5.81. The van der Waals surface area contributed by atoms with E-state index in [9.17, 15) is 4.79 Å². The molecule has 0 saturated carbocycles. The van der Waals surface area contributed by atoms with Gasteiger partial charge >= 0.3 is 0 Å². The van der Waals surface area contributed by atoms with E-state index in [1.807, 2.05) is 0 Å². The maximum Gasteiger partial charge on any atom is 0.163 e. The van der Waals surface area contributed by atoms with Crippen molar-refractivity contribution in [1.29, 1.82) is 0 Å². The molecule has 0 spiro atoms. The van der Waals surface area contributed by atoms with Gasteiger partial charge in [-0.25, -0.2) is 0 Å². The molecule has 0 unspecified atom stereocenters. The Kier molecular flexibility index (Phi) is 4.52. The molecule has 20 heavy (non-hydrogen) atoms. The molecule has 0 N–H and O–H groups in total. The predicted molar refractivity (Wildman–Crippen MR) is 85.8 cm³/mol. The first-order valence-corrected chi connectivity index (χ1v) is 8.04. The van der Waals surface area contributed by atoms with Crippen LogP contribution in [-0.4, -0.2) is 18.9 Å². The lowest BCUT2D eigenvalue weighted by molar-refractivity contribution is 0.0948. The van der Waals surface area contributed by atoms with Crippen molar-refractivity contribution in [2.45, 2.75) is 58.8 Å². The Morgan fingerprint density at radius 3 is 2.30 bits per heavy atom. The third kappa shape index (κ3) is 2.36. The van der Waals surface area contributed by atoms with Crippen LogP contribution >= 0.6 is 0 Å². The Balaban J connectivity index is 2.55. The van der Waals surface area contributed by atoms with Crippen molar-refractivity contribution in [3.8, 4) is 0 Å². The summed E-state index contributed by atoms with van der Waals surface area (Å²) in [7, 11) is 0. The standard InChI is InChI=1S/C18H27NO/c1-5-18(6-2)12-11-17(20)15-10-9-14(13-16(15)18)19(7-3)8-4/h9-10,13H,5-8,11-12H2,1-4H3. The number of hydrogen-bond acceptors (Lipinski definition) is 2. The molecule has 1 aromatic rings. The smallest absolute Gasteiger partial charge is 0.163 e. The van der Waals surface area contributed by atoms with Crippen molar-refractivity contribution < 1.29 is 4.79 Å². The Bertz CT molecular complexity index is 484. The second-order valence-electron chi connectivity index (χ2n) is 5.81. The van der Waals surface area contributed by atoms with Crippen LogP contribution in [0.1, 0.15) is 69.3 Å². The van der Waals surface area contributed by atoms with E-state index in [1.165, 1.54) is 11.3 Å². The molecule has 1 aliphatic carbocycles. The molecule has 0 radical (unpaired) electrons. The number of carbonyl (C=O) groups excluding carboxylic acids is 1. The number of nitrogens with zero attached hydrogens (tertiary/aromatic N) is 1. The van der Waals surface area contributed by atoms with Crippen LogP contribution in [0, 0.1) is 0 Å². The lowest BCUT2D eigenvalue weighted by atomic mass is 9.66. The predicted octanol–water partition coefficient (Wildman–Crippen LogP) is 4.57. The van der Waals surface area contributed by atoms with Crippen LogP contribution in [-0.2, 0) is 5.41 Å². The van der Waals surface area contributed by atoms with Gasteiger partial charge in [-0.15, -0.1) is 0 Å². The fourth-order valence-electron chi connectivity index (χ4n) is 3.61. The monoisotopic (exact) mass is 273 g/mol. The number of fused-ring (bicyclic) bond motifs is 1. The highest BCUT2D eigenvalue weighted by atomic mass is 16.1. The average Bonchev–Trinajstić information content (AvgIpc) is 2.50. The SMILES string of the molecule is CCN(CC)c1ccc2c(c1)C(CC)(CC)CCC2=O. The highest BCUT2D eigenvalue weighted by molar-refractivity contribution is 5.99. The molecule has 0 fully saturated rings. The molecule has 1 aliphatic rings. The third-order valence-electron chi connectivity index (χ3n) is 5.19. The summed E-state index contributed by atoms with van der Waals surface area (Å²) < 4.78 is 0. The number of ketones is 1. The van der Waals surface area contributed by atoms with Crippen molar-refractivity contribution in [2.24, 2.45) is 0 Å². The molecule has 0 amide bonds. The van der Waals surface area contributed by atoms with E-state index >= 15 is 0 Å². The fraction of sp³-hybridized carbons (Fsp3) is 0.611. The number of Topliss-reactive ketones (excluding diaryl/α,β-unsaturated/α-hetero) is 1. The van der Waals surface area contributed by atoms with Gasteiger partial charge < -0.3 is 4.90 Å². The lowest BCUT2D eigenvalue weighted by Gasteiger charge is -2.38. The Hall–Kier alpha value is -1.31. The zero-order chi connectivity index (χ0) is 14.8. The first kappa shape index (κ1) is 15.1. The van der Waals surface area contributed by atoms with Gasteiger partial charge in [0.05, 0.1) is 0 Å². The quantitative estimate of drug-likeness (QED) is 0.783. The molecule has 0 saturated heterocycles. The molecule has 1 aromatic carbocycles. The van der Waals surface area contributed by atoms with Crippen molar-refractivity contribution in [2.75, 3.05) is 18.0 Å². The van der Waals surface area contributed by atoms with Gasteiger partial charge in [-0.3, -0.25) is 4.79 Å². The van der Waals surface area contributed by atoms with Crippen LogP contribution in [0.25, 0.3) is 0 Å². The summed E-state index contributed by atoms with van der Waals surface area (Å²) in [6.07, 6.45) is 3.95. The van der Waals surface area contributed by atoms with Gasteiger partial charge in [-0.05, 0) is 62.3 Å². The normalized spacial score (nSPS) is 16.9. The van der Waals surface area contributed by atoms with Gasteiger partial charge in [0.15, 0.2) is 5.78 Å². The molecular weight excluding hydrogens is 246 g/mol. The first-order valence-electron chi connectivity index (χ1n) is 8.04. The van der Waals surface area contributed by atoms with Crippen molar-refractivity contribution >= 4 is 11.5 Å². The minimum Gasteiger partial charge on any atom is -0.372 e. The molecule has 2 nitrogen and oxygen atoms in total. The molecule has 2 heteroatoms. The second kappa shape index (κ2) is 5.99. The molecule has 2 rings (SSSR count). The molecule has 0 atom stereocenters. The summed E-state index contributed by atoms with van der Waals surface area (Å²) in [5.74, 6) is 0.323. The average molecular weight is 273 g/mol. The maximum absolute atomic E-state index is 12.2. The van der Waals surface area contributed by atoms with Crippen LogP contribution in [0.5, 0.6) is 0 Å². The largest absolute Gasteiger partial charge is 0.372 e. The summed E-state index contributed by atoms with van der Waals surface area (Å²) in [6.45, 7) is 10.9. The van der Waals surface area contributed by atoms with Crippen molar-refractivity contribution in [3.05, 3.63) is 29.3 Å². The highest BCUT2D eigenvalue weighted by Gasteiger charge is 2.36. The molecule has 0 aliphatic heterocycles. The molecule has 0 bridgehead atoms. The third-order valence-corrected chi connectivity index (χ3v) is 5.19. The molecular formula is C18H27NO. The van der Waals surface area contributed by atoms with Crippen LogP contribution in [0.4, 0.5) is 5.69 Å². The Labute approximate surface area is 123 Å². The minimum atomic E-state index is 0.201. The molecule has 110 valence electrons. The fourth-order valence-corrected chi connectivity index (χ4v) is 3.61. The zero-order valence-corrected chi connectivity index (χ0v) is 13.3. The topological polar surface area (TPSA) is 20.3 Å². The zero-order valence-electron chi connectivity index (χ0n) is 13.3. The summed E-state index contributed by atoms with van der Waals surface area (Å²) >= 11 is 0. The van der Waals surface area contributed by atoms with E-state index < -0.39 is 0 Å². The maximum atomic E-state index is 12.2. The van der Waals surface area contributed by atoms with Crippen LogP contribution in [0.2, 0.25) is 0 Å². The Morgan fingerprint density at radius 1 is 1.10 bits per heavy atom. The van der Waals surface area contributed by atoms with Crippen LogP contribution < -0.4 is 4.90 Å². The van der Waals surface area contributed by atoms with Crippen LogP contribution in [0.15, 0.2) is 18.2 Å². The number of anilines is 1. The molecule has 0 heterocycles. The van der Waals surface area contributed by atoms with Gasteiger partial charge in [0, 0.05) is 30.8 Å².